The van der Waals surface area contributed by atoms with Gasteiger partial charge in [-0.05, 0) is 18.6 Å². The van der Waals surface area contributed by atoms with Gasteiger partial charge in [0.1, 0.15) is 0 Å². The maximum Gasteiger partial charge on any atom is 0.00187 e. The van der Waals surface area contributed by atoms with Crippen molar-refractivity contribution in [1.29, 1.82) is 0 Å². The molecule has 0 aliphatic heterocycles. The first-order chi connectivity index (χ1) is 8.31. The summed E-state index contributed by atoms with van der Waals surface area (Å²) in [7, 11) is 0. The van der Waals surface area contributed by atoms with Gasteiger partial charge in [0, 0.05) is 5.25 Å². The van der Waals surface area contributed by atoms with E-state index in [0.717, 1.165) is 5.25 Å². The summed E-state index contributed by atoms with van der Waals surface area (Å²) >= 11 is 2.20. The minimum atomic E-state index is 0.891. The van der Waals surface area contributed by atoms with Crippen LogP contribution in [0, 0.1) is 0 Å². The summed E-state index contributed by atoms with van der Waals surface area (Å²) in [5.74, 6) is 1.39. The van der Waals surface area contributed by atoms with Gasteiger partial charge < -0.3 is 0 Å². The fraction of sp³-hybridized carbons (Fsp3) is 1.00. The molecule has 17 heavy (non-hydrogen) atoms. The van der Waals surface area contributed by atoms with Gasteiger partial charge in [-0.15, -0.1) is 0 Å². The molecule has 0 amide bonds. The standard InChI is InChI=1S/C16H34S/c1-4-6-8-10-11-13-15-17-16(3)14-12-9-7-5-2/h16H,4-15H2,1-3H3. The molecule has 0 fully saturated rings. The van der Waals surface area contributed by atoms with Gasteiger partial charge in [0.25, 0.3) is 0 Å². The lowest BCUT2D eigenvalue weighted by Crippen LogP contribution is -1.97. The Balaban J connectivity index is 3.08. The fourth-order valence-electron chi connectivity index (χ4n) is 2.11. The van der Waals surface area contributed by atoms with Gasteiger partial charge in [-0.3, -0.25) is 0 Å². The van der Waals surface area contributed by atoms with Gasteiger partial charge in [0.15, 0.2) is 0 Å². The lowest BCUT2D eigenvalue weighted by Gasteiger charge is -2.10. The molecule has 0 nitrogen and oxygen atoms in total. The van der Waals surface area contributed by atoms with E-state index < -0.39 is 0 Å². The third-order valence-corrected chi connectivity index (χ3v) is 4.69. The van der Waals surface area contributed by atoms with Gasteiger partial charge in [-0.2, -0.15) is 11.8 Å². The molecule has 0 N–H and O–H groups in total. The Morgan fingerprint density at radius 3 is 1.88 bits per heavy atom. The average molecular weight is 259 g/mol. The average Bonchev–Trinajstić information content (AvgIpc) is 2.33. The molecule has 0 saturated carbocycles. The minimum absolute atomic E-state index is 0.891. The monoisotopic (exact) mass is 258 g/mol. The van der Waals surface area contributed by atoms with Gasteiger partial charge in [-0.25, -0.2) is 0 Å². The van der Waals surface area contributed by atoms with Crippen molar-refractivity contribution in [2.45, 2.75) is 96.7 Å². The summed E-state index contributed by atoms with van der Waals surface area (Å²) in [6, 6.07) is 0. The van der Waals surface area contributed by atoms with Gasteiger partial charge in [-0.1, -0.05) is 78.6 Å². The van der Waals surface area contributed by atoms with Crippen LogP contribution in [0.25, 0.3) is 0 Å². The molecule has 0 aromatic rings. The maximum atomic E-state index is 2.41. The molecule has 0 rings (SSSR count). The van der Waals surface area contributed by atoms with E-state index in [1.54, 1.807) is 0 Å². The molecule has 0 spiro atoms. The van der Waals surface area contributed by atoms with E-state index in [-0.39, 0.29) is 0 Å². The molecule has 1 unspecified atom stereocenters. The number of hydrogen-bond acceptors (Lipinski definition) is 1. The molecule has 104 valence electrons. The Morgan fingerprint density at radius 1 is 0.706 bits per heavy atom. The predicted octanol–water partition coefficient (Wildman–Crippen LogP) is 6.44. The van der Waals surface area contributed by atoms with Crippen LogP contribution in [0.2, 0.25) is 0 Å². The zero-order valence-corrected chi connectivity index (χ0v) is 13.3. The topological polar surface area (TPSA) is 0 Å². The minimum Gasteiger partial charge on any atom is -0.159 e. The molecular formula is C16H34S. The van der Waals surface area contributed by atoms with E-state index in [1.165, 1.54) is 76.4 Å². The zero-order chi connectivity index (χ0) is 12.8. The van der Waals surface area contributed by atoms with Crippen LogP contribution in [0.4, 0.5) is 0 Å². The van der Waals surface area contributed by atoms with Gasteiger partial charge in [0.05, 0.1) is 0 Å². The highest BCUT2D eigenvalue weighted by Gasteiger charge is 2.01. The van der Waals surface area contributed by atoms with Crippen LogP contribution in [-0.4, -0.2) is 11.0 Å². The van der Waals surface area contributed by atoms with Crippen LogP contribution in [0.3, 0.4) is 0 Å². The van der Waals surface area contributed by atoms with E-state index in [2.05, 4.69) is 32.5 Å². The molecule has 0 saturated heterocycles. The quantitative estimate of drug-likeness (QED) is 0.343. The van der Waals surface area contributed by atoms with Crippen molar-refractivity contribution in [3.05, 3.63) is 0 Å². The Morgan fingerprint density at radius 2 is 1.24 bits per heavy atom. The largest absolute Gasteiger partial charge is 0.159 e. The number of unbranched alkanes of at least 4 members (excludes halogenated alkanes) is 8. The highest BCUT2D eigenvalue weighted by atomic mass is 32.2. The Bertz CT molecular complexity index is 133. The summed E-state index contributed by atoms with van der Waals surface area (Å²) in [4.78, 5) is 0. The molecule has 0 bridgehead atoms. The summed E-state index contributed by atoms with van der Waals surface area (Å²) in [5, 5.41) is 0.891. The zero-order valence-electron chi connectivity index (χ0n) is 12.5. The Hall–Kier alpha value is 0.350. The van der Waals surface area contributed by atoms with Crippen molar-refractivity contribution < 1.29 is 0 Å². The van der Waals surface area contributed by atoms with E-state index in [9.17, 15) is 0 Å². The van der Waals surface area contributed by atoms with Gasteiger partial charge >= 0.3 is 0 Å². The normalized spacial score (nSPS) is 12.9. The molecule has 0 aromatic heterocycles. The van der Waals surface area contributed by atoms with Crippen molar-refractivity contribution in [3.63, 3.8) is 0 Å². The second kappa shape index (κ2) is 14.4. The van der Waals surface area contributed by atoms with Crippen molar-refractivity contribution >= 4 is 11.8 Å². The lowest BCUT2D eigenvalue weighted by atomic mass is 10.1. The molecule has 0 aliphatic carbocycles. The van der Waals surface area contributed by atoms with Crippen LogP contribution in [0.15, 0.2) is 0 Å². The van der Waals surface area contributed by atoms with Crippen LogP contribution in [0.1, 0.15) is 91.4 Å². The van der Waals surface area contributed by atoms with Crippen LogP contribution in [0.5, 0.6) is 0 Å². The number of thioether (sulfide) groups is 1. The van der Waals surface area contributed by atoms with Crippen molar-refractivity contribution in [3.8, 4) is 0 Å². The maximum absolute atomic E-state index is 2.41. The second-order valence-corrected chi connectivity index (χ2v) is 6.84. The summed E-state index contributed by atoms with van der Waals surface area (Å²) in [6.45, 7) is 6.99. The highest BCUT2D eigenvalue weighted by molar-refractivity contribution is 7.99. The predicted molar refractivity (Wildman–Crippen MR) is 84.1 cm³/mol. The summed E-state index contributed by atoms with van der Waals surface area (Å²) in [5.41, 5.74) is 0. The molecule has 0 radical (unpaired) electrons. The first-order valence-electron chi connectivity index (χ1n) is 7.92. The van der Waals surface area contributed by atoms with E-state index in [0.29, 0.717) is 0 Å². The van der Waals surface area contributed by atoms with Gasteiger partial charge in [0.2, 0.25) is 0 Å². The fourth-order valence-corrected chi connectivity index (χ4v) is 3.22. The molecule has 0 heterocycles. The third-order valence-electron chi connectivity index (χ3n) is 3.36. The van der Waals surface area contributed by atoms with Crippen LogP contribution < -0.4 is 0 Å². The smallest absolute Gasteiger partial charge is 0.00187 e. The third kappa shape index (κ3) is 14.3. The molecular weight excluding hydrogens is 224 g/mol. The van der Waals surface area contributed by atoms with Crippen molar-refractivity contribution in [1.82, 2.24) is 0 Å². The lowest BCUT2D eigenvalue weighted by molar-refractivity contribution is 0.622. The molecule has 0 aliphatic rings. The molecule has 1 atom stereocenters. The van der Waals surface area contributed by atoms with E-state index in [1.807, 2.05) is 0 Å². The van der Waals surface area contributed by atoms with Crippen LogP contribution in [-0.2, 0) is 0 Å². The first kappa shape index (κ1) is 17.4. The van der Waals surface area contributed by atoms with E-state index >= 15 is 0 Å². The SMILES string of the molecule is CCCCCCCCSC(C)CCCCCC. The summed E-state index contributed by atoms with van der Waals surface area (Å²) in [6.07, 6.45) is 15.7. The Labute approximate surface area is 114 Å². The number of rotatable bonds is 13. The van der Waals surface area contributed by atoms with E-state index in [4.69, 9.17) is 0 Å². The summed E-state index contributed by atoms with van der Waals surface area (Å²) < 4.78 is 0. The highest BCUT2D eigenvalue weighted by Crippen LogP contribution is 2.19. The van der Waals surface area contributed by atoms with Crippen molar-refractivity contribution in [2.75, 3.05) is 5.75 Å². The number of hydrogen-bond donors (Lipinski definition) is 0. The van der Waals surface area contributed by atoms with Crippen LogP contribution >= 0.6 is 11.8 Å². The molecule has 1 heteroatoms. The Kier molecular flexibility index (Phi) is 14.7. The second-order valence-electron chi connectivity index (χ2n) is 5.30. The van der Waals surface area contributed by atoms with Crippen molar-refractivity contribution in [2.24, 2.45) is 0 Å². The molecule has 0 aromatic carbocycles. The first-order valence-corrected chi connectivity index (χ1v) is 8.97.